The number of aliphatic hydroxyl groups is 1. The van der Waals surface area contributed by atoms with Crippen LogP contribution in [-0.2, 0) is 9.59 Å². The Kier molecular flexibility index (Phi) is 7.22. The lowest BCUT2D eigenvalue weighted by Gasteiger charge is -2.27. The van der Waals surface area contributed by atoms with E-state index in [0.29, 0.717) is 34.9 Å². The zero-order valence-corrected chi connectivity index (χ0v) is 22.5. The van der Waals surface area contributed by atoms with Crippen LogP contribution in [0, 0.1) is 20.8 Å². The minimum atomic E-state index is -0.861. The maximum absolute atomic E-state index is 13.5. The Morgan fingerprint density at radius 1 is 0.972 bits per heavy atom. The monoisotopic (exact) mass is 549 g/mol. The number of aliphatic hydroxyl groups excluding tert-OH is 1. The lowest BCUT2D eigenvalue weighted by molar-refractivity contribution is -0.132. The van der Waals surface area contributed by atoms with Gasteiger partial charge in [-0.3, -0.25) is 14.5 Å². The Balaban J connectivity index is 1.99. The standard InChI is InChI=1S/C29H28BrNO5/c1-6-36-24-15-19(9-12-23(24)35-5)26-25(27(32)20-8-10-21(30)17(3)14-20)28(33)29(34)31(26)22-11-7-16(2)13-18(22)4/h7-15,26,32H,6H2,1-5H3/b27-25+. The molecule has 1 heterocycles. The third kappa shape index (κ3) is 4.51. The average molecular weight is 550 g/mol. The number of hydrogen-bond acceptors (Lipinski definition) is 5. The number of ether oxygens (including phenoxy) is 2. The lowest BCUT2D eigenvalue weighted by Crippen LogP contribution is -2.30. The summed E-state index contributed by atoms with van der Waals surface area (Å²) in [7, 11) is 1.55. The molecule has 4 rings (SSSR count). The number of carbonyl (C=O) groups is 2. The first kappa shape index (κ1) is 25.5. The van der Waals surface area contributed by atoms with E-state index in [-0.39, 0.29) is 11.3 Å². The van der Waals surface area contributed by atoms with Gasteiger partial charge >= 0.3 is 0 Å². The van der Waals surface area contributed by atoms with Crippen LogP contribution in [-0.4, -0.2) is 30.5 Å². The van der Waals surface area contributed by atoms with Crippen LogP contribution in [0.25, 0.3) is 5.76 Å². The first-order valence-electron chi connectivity index (χ1n) is 11.6. The zero-order valence-electron chi connectivity index (χ0n) is 20.9. The summed E-state index contributed by atoms with van der Waals surface area (Å²) in [5, 5.41) is 11.4. The van der Waals surface area contributed by atoms with Crippen LogP contribution in [0.4, 0.5) is 5.69 Å². The smallest absolute Gasteiger partial charge is 0.300 e. The second-order valence-corrected chi connectivity index (χ2v) is 9.62. The number of rotatable bonds is 6. The van der Waals surface area contributed by atoms with Gasteiger partial charge in [-0.05, 0) is 74.7 Å². The minimum absolute atomic E-state index is 0.0225. The molecule has 186 valence electrons. The van der Waals surface area contributed by atoms with E-state index in [9.17, 15) is 14.7 Å². The molecule has 6 nitrogen and oxygen atoms in total. The highest BCUT2D eigenvalue weighted by Gasteiger charge is 2.47. The molecule has 1 aliphatic rings. The van der Waals surface area contributed by atoms with Crippen molar-refractivity contribution in [3.05, 3.63) is 92.5 Å². The van der Waals surface area contributed by atoms with Crippen LogP contribution in [0.1, 0.15) is 40.8 Å². The van der Waals surface area contributed by atoms with E-state index in [1.54, 1.807) is 43.5 Å². The highest BCUT2D eigenvalue weighted by Crippen LogP contribution is 2.45. The fourth-order valence-corrected chi connectivity index (χ4v) is 4.80. The van der Waals surface area contributed by atoms with E-state index < -0.39 is 17.7 Å². The molecule has 3 aromatic carbocycles. The van der Waals surface area contributed by atoms with Gasteiger partial charge in [0.1, 0.15) is 5.76 Å². The Bertz CT molecular complexity index is 1390. The van der Waals surface area contributed by atoms with Gasteiger partial charge in [0.05, 0.1) is 25.3 Å². The maximum atomic E-state index is 13.5. The average Bonchev–Trinajstić information content (AvgIpc) is 3.11. The Morgan fingerprint density at radius 3 is 2.36 bits per heavy atom. The van der Waals surface area contributed by atoms with E-state index in [0.717, 1.165) is 21.2 Å². The molecule has 0 aliphatic carbocycles. The van der Waals surface area contributed by atoms with Gasteiger partial charge in [-0.1, -0.05) is 45.8 Å². The van der Waals surface area contributed by atoms with Gasteiger partial charge in [0.25, 0.3) is 11.7 Å². The van der Waals surface area contributed by atoms with Gasteiger partial charge in [-0.15, -0.1) is 0 Å². The Morgan fingerprint density at radius 2 is 1.72 bits per heavy atom. The molecule has 0 radical (unpaired) electrons. The molecule has 1 fully saturated rings. The number of hydrogen-bond donors (Lipinski definition) is 1. The van der Waals surface area contributed by atoms with E-state index in [1.165, 1.54) is 4.90 Å². The number of halogens is 1. The first-order valence-corrected chi connectivity index (χ1v) is 12.4. The zero-order chi connectivity index (χ0) is 26.1. The molecule has 7 heteroatoms. The lowest BCUT2D eigenvalue weighted by atomic mass is 9.94. The summed E-state index contributed by atoms with van der Waals surface area (Å²) in [6.07, 6.45) is 0. The molecule has 1 N–H and O–H groups in total. The van der Waals surface area contributed by atoms with Crippen LogP contribution in [0.5, 0.6) is 11.5 Å². The molecule has 1 aliphatic heterocycles. The molecule has 0 bridgehead atoms. The van der Waals surface area contributed by atoms with Crippen LogP contribution in [0.15, 0.2) is 64.6 Å². The van der Waals surface area contributed by atoms with Gasteiger partial charge in [0, 0.05) is 15.7 Å². The van der Waals surface area contributed by atoms with Crippen molar-refractivity contribution in [2.75, 3.05) is 18.6 Å². The summed E-state index contributed by atoms with van der Waals surface area (Å²) in [6.45, 7) is 8.04. The summed E-state index contributed by atoms with van der Waals surface area (Å²) >= 11 is 3.47. The van der Waals surface area contributed by atoms with Crippen LogP contribution in [0.2, 0.25) is 0 Å². The van der Waals surface area contributed by atoms with Crippen molar-refractivity contribution < 1.29 is 24.2 Å². The molecule has 0 spiro atoms. The Hall–Kier alpha value is -3.58. The predicted octanol–water partition coefficient (Wildman–Crippen LogP) is 6.41. The van der Waals surface area contributed by atoms with E-state index in [1.807, 2.05) is 45.9 Å². The van der Waals surface area contributed by atoms with Crippen molar-refractivity contribution in [3.8, 4) is 11.5 Å². The molecule has 1 saturated heterocycles. The van der Waals surface area contributed by atoms with E-state index in [4.69, 9.17) is 9.47 Å². The molecule has 0 saturated carbocycles. The van der Waals surface area contributed by atoms with Crippen molar-refractivity contribution >= 4 is 39.1 Å². The van der Waals surface area contributed by atoms with Gasteiger partial charge in [-0.2, -0.15) is 0 Å². The number of carbonyl (C=O) groups excluding carboxylic acids is 2. The summed E-state index contributed by atoms with van der Waals surface area (Å²) in [5.74, 6) is -0.645. The summed E-state index contributed by atoms with van der Waals surface area (Å²) in [6, 6.07) is 15.4. The molecular weight excluding hydrogens is 522 g/mol. The molecule has 0 aromatic heterocycles. The van der Waals surface area contributed by atoms with Crippen LogP contribution >= 0.6 is 15.9 Å². The number of methoxy groups -OCH3 is 1. The van der Waals surface area contributed by atoms with Crippen molar-refractivity contribution in [1.82, 2.24) is 0 Å². The number of Topliss-reactive ketones (excluding diaryl/α,β-unsaturated/α-hetero) is 1. The third-order valence-corrected chi connectivity index (χ3v) is 7.18. The second-order valence-electron chi connectivity index (χ2n) is 8.77. The largest absolute Gasteiger partial charge is 0.507 e. The van der Waals surface area contributed by atoms with Gasteiger partial charge in [-0.25, -0.2) is 0 Å². The van der Waals surface area contributed by atoms with Crippen molar-refractivity contribution in [2.24, 2.45) is 0 Å². The summed E-state index contributed by atoms with van der Waals surface area (Å²) < 4.78 is 12.1. The predicted molar refractivity (Wildman–Crippen MR) is 144 cm³/mol. The number of nitrogens with zero attached hydrogens (tertiary/aromatic N) is 1. The molecule has 1 unspecified atom stereocenters. The second kappa shape index (κ2) is 10.2. The van der Waals surface area contributed by atoms with Crippen molar-refractivity contribution in [2.45, 2.75) is 33.7 Å². The molecule has 3 aromatic rings. The fourth-order valence-electron chi connectivity index (χ4n) is 4.55. The van der Waals surface area contributed by atoms with Crippen LogP contribution in [0.3, 0.4) is 0 Å². The molecule has 36 heavy (non-hydrogen) atoms. The summed E-state index contributed by atoms with van der Waals surface area (Å²) in [5.41, 5.74) is 4.48. The first-order chi connectivity index (χ1) is 17.2. The quantitative estimate of drug-likeness (QED) is 0.218. The van der Waals surface area contributed by atoms with E-state index in [2.05, 4.69) is 15.9 Å². The maximum Gasteiger partial charge on any atom is 0.300 e. The number of ketones is 1. The van der Waals surface area contributed by atoms with Gasteiger partial charge < -0.3 is 14.6 Å². The molecular formula is C29H28BrNO5. The number of benzene rings is 3. The molecule has 1 atom stereocenters. The van der Waals surface area contributed by atoms with E-state index >= 15 is 0 Å². The van der Waals surface area contributed by atoms with Crippen molar-refractivity contribution in [1.29, 1.82) is 0 Å². The number of aryl methyl sites for hydroxylation is 3. The van der Waals surface area contributed by atoms with Gasteiger partial charge in [0.15, 0.2) is 11.5 Å². The number of amides is 1. The third-order valence-electron chi connectivity index (χ3n) is 6.29. The van der Waals surface area contributed by atoms with Crippen molar-refractivity contribution in [3.63, 3.8) is 0 Å². The normalized spacial score (nSPS) is 16.9. The van der Waals surface area contributed by atoms with Gasteiger partial charge in [0.2, 0.25) is 0 Å². The summed E-state index contributed by atoms with van der Waals surface area (Å²) in [4.78, 5) is 28.4. The topological polar surface area (TPSA) is 76.1 Å². The molecule has 1 amide bonds. The Labute approximate surface area is 219 Å². The highest BCUT2D eigenvalue weighted by molar-refractivity contribution is 9.10. The van der Waals surface area contributed by atoms with Crippen LogP contribution < -0.4 is 14.4 Å². The fraction of sp³-hybridized carbons (Fsp3) is 0.241. The highest BCUT2D eigenvalue weighted by atomic mass is 79.9. The number of anilines is 1. The SMILES string of the molecule is CCOc1cc(C2/C(=C(\O)c3ccc(Br)c(C)c3)C(=O)C(=O)N2c2ccc(C)cc2C)ccc1OC. The minimum Gasteiger partial charge on any atom is -0.507 e.